The van der Waals surface area contributed by atoms with Gasteiger partial charge in [-0.25, -0.2) is 0 Å². The van der Waals surface area contributed by atoms with Crippen molar-refractivity contribution in [2.45, 2.75) is 70.6 Å². The van der Waals surface area contributed by atoms with Gasteiger partial charge in [0.2, 0.25) is 17.7 Å². The molecule has 0 aromatic carbocycles. The first kappa shape index (κ1) is 25.2. The molecule has 4 unspecified atom stereocenters. The molecule has 10 heteroatoms. The van der Waals surface area contributed by atoms with Gasteiger partial charge in [-0.15, -0.1) is 0 Å². The number of amides is 3. The molecule has 1 heterocycles. The fourth-order valence-corrected chi connectivity index (χ4v) is 3.71. The van der Waals surface area contributed by atoms with E-state index in [1.165, 1.54) is 11.8 Å². The Kier molecular flexibility index (Phi) is 10.5. The number of carbonyl (C=O) groups is 4. The Bertz CT molecular complexity index is 601. The van der Waals surface area contributed by atoms with Crippen LogP contribution < -0.4 is 16.4 Å². The molecule has 1 aliphatic heterocycles. The third kappa shape index (κ3) is 7.85. The molecule has 1 aliphatic rings. The van der Waals surface area contributed by atoms with Gasteiger partial charge in [-0.3, -0.25) is 19.2 Å². The van der Waals surface area contributed by atoms with E-state index in [1.54, 1.807) is 11.8 Å². The molecule has 29 heavy (non-hydrogen) atoms. The molecular formula is C19H34N4O5S. The summed E-state index contributed by atoms with van der Waals surface area (Å²) in [6.45, 7) is 5.66. The van der Waals surface area contributed by atoms with E-state index in [9.17, 15) is 19.2 Å². The first-order valence-corrected chi connectivity index (χ1v) is 11.4. The fourth-order valence-electron chi connectivity index (χ4n) is 3.22. The van der Waals surface area contributed by atoms with Gasteiger partial charge in [-0.2, -0.15) is 11.8 Å². The van der Waals surface area contributed by atoms with Crippen molar-refractivity contribution >= 4 is 35.5 Å². The standard InChI is InChI=1S/C19H34N4O5S/c1-11(2)10-14(22-16(24)13(20)7-9-29-4)18(26)23-8-5-6-15(23)17(25)21-12(3)19(27)28/h11-15H,5-10,20H2,1-4H3,(H,21,25)(H,22,24)(H,27,28). The largest absolute Gasteiger partial charge is 0.480 e. The minimum atomic E-state index is -1.14. The third-order valence-electron chi connectivity index (χ3n) is 4.86. The number of hydrogen-bond acceptors (Lipinski definition) is 6. The number of thioether (sulfide) groups is 1. The maximum atomic E-state index is 13.2. The van der Waals surface area contributed by atoms with Gasteiger partial charge >= 0.3 is 5.97 Å². The Morgan fingerprint density at radius 1 is 1.21 bits per heavy atom. The lowest BCUT2D eigenvalue weighted by molar-refractivity contribution is -0.144. The van der Waals surface area contributed by atoms with Crippen molar-refractivity contribution < 1.29 is 24.3 Å². The van der Waals surface area contributed by atoms with Crippen LogP contribution in [0, 0.1) is 5.92 Å². The summed E-state index contributed by atoms with van der Waals surface area (Å²) in [6, 6.07) is -3.24. The van der Waals surface area contributed by atoms with E-state index in [-0.39, 0.29) is 17.7 Å². The minimum Gasteiger partial charge on any atom is -0.480 e. The number of likely N-dealkylation sites (tertiary alicyclic amines) is 1. The zero-order valence-corrected chi connectivity index (χ0v) is 18.5. The second-order valence-electron chi connectivity index (χ2n) is 7.84. The quantitative estimate of drug-likeness (QED) is 0.366. The number of aliphatic carboxylic acids is 1. The average Bonchev–Trinajstić information content (AvgIpc) is 3.14. The molecule has 0 bridgehead atoms. The maximum Gasteiger partial charge on any atom is 0.325 e. The lowest BCUT2D eigenvalue weighted by Gasteiger charge is -2.30. The van der Waals surface area contributed by atoms with Crippen LogP contribution in [0.25, 0.3) is 0 Å². The lowest BCUT2D eigenvalue weighted by Crippen LogP contribution is -2.56. The second-order valence-corrected chi connectivity index (χ2v) is 8.82. The van der Waals surface area contributed by atoms with E-state index in [0.717, 1.165) is 5.75 Å². The van der Waals surface area contributed by atoms with Crippen molar-refractivity contribution in [1.29, 1.82) is 0 Å². The van der Waals surface area contributed by atoms with Crippen LogP contribution in [0.5, 0.6) is 0 Å². The molecule has 166 valence electrons. The third-order valence-corrected chi connectivity index (χ3v) is 5.50. The van der Waals surface area contributed by atoms with Crippen molar-refractivity contribution in [3.05, 3.63) is 0 Å². The van der Waals surface area contributed by atoms with E-state index in [0.29, 0.717) is 32.2 Å². The molecule has 4 atom stereocenters. The van der Waals surface area contributed by atoms with Crippen LogP contribution in [-0.4, -0.2) is 76.4 Å². The van der Waals surface area contributed by atoms with Crippen LogP contribution >= 0.6 is 11.8 Å². The van der Waals surface area contributed by atoms with Gasteiger partial charge in [0.15, 0.2) is 0 Å². The van der Waals surface area contributed by atoms with Crippen LogP contribution in [0.3, 0.4) is 0 Å². The number of carboxylic acids is 1. The number of nitrogens with zero attached hydrogens (tertiary/aromatic N) is 1. The first-order valence-electron chi connectivity index (χ1n) is 9.97. The molecular weight excluding hydrogens is 396 g/mol. The summed E-state index contributed by atoms with van der Waals surface area (Å²) in [6.07, 6.45) is 3.97. The molecule has 1 fully saturated rings. The number of nitrogens with one attached hydrogen (secondary N) is 2. The summed E-state index contributed by atoms with van der Waals surface area (Å²) >= 11 is 1.59. The molecule has 9 nitrogen and oxygen atoms in total. The van der Waals surface area contributed by atoms with Crippen molar-refractivity contribution in [3.8, 4) is 0 Å². The van der Waals surface area contributed by atoms with Crippen molar-refractivity contribution in [2.24, 2.45) is 11.7 Å². The number of nitrogens with two attached hydrogens (primary N) is 1. The van der Waals surface area contributed by atoms with E-state index >= 15 is 0 Å². The predicted molar refractivity (Wildman–Crippen MR) is 112 cm³/mol. The van der Waals surface area contributed by atoms with Gasteiger partial charge in [-0.05, 0) is 50.5 Å². The van der Waals surface area contributed by atoms with Crippen LogP contribution in [0.4, 0.5) is 0 Å². The maximum absolute atomic E-state index is 13.2. The van der Waals surface area contributed by atoms with Crippen LogP contribution in [0.2, 0.25) is 0 Å². The second kappa shape index (κ2) is 12.0. The van der Waals surface area contributed by atoms with Crippen molar-refractivity contribution in [2.75, 3.05) is 18.6 Å². The molecule has 0 aliphatic carbocycles. The SMILES string of the molecule is CSCCC(N)C(=O)NC(CC(C)C)C(=O)N1CCCC1C(=O)NC(C)C(=O)O. The molecule has 5 N–H and O–H groups in total. The average molecular weight is 431 g/mol. The molecule has 3 amide bonds. The van der Waals surface area contributed by atoms with Gasteiger partial charge in [0, 0.05) is 6.54 Å². The highest BCUT2D eigenvalue weighted by molar-refractivity contribution is 7.98. The van der Waals surface area contributed by atoms with Gasteiger partial charge in [0.1, 0.15) is 18.1 Å². The number of carboxylic acid groups (broad SMARTS) is 1. The summed E-state index contributed by atoms with van der Waals surface area (Å²) in [5.74, 6) is -1.44. The van der Waals surface area contributed by atoms with Crippen molar-refractivity contribution in [1.82, 2.24) is 15.5 Å². The highest BCUT2D eigenvalue weighted by Crippen LogP contribution is 2.20. The Balaban J connectivity index is 2.87. The summed E-state index contributed by atoms with van der Waals surface area (Å²) in [5, 5.41) is 14.2. The van der Waals surface area contributed by atoms with E-state index < -0.39 is 36.0 Å². The highest BCUT2D eigenvalue weighted by Gasteiger charge is 2.38. The summed E-state index contributed by atoms with van der Waals surface area (Å²) in [7, 11) is 0. The monoisotopic (exact) mass is 430 g/mol. The summed E-state index contributed by atoms with van der Waals surface area (Å²) < 4.78 is 0. The summed E-state index contributed by atoms with van der Waals surface area (Å²) in [4.78, 5) is 50.5. The minimum absolute atomic E-state index is 0.147. The number of hydrogen-bond donors (Lipinski definition) is 4. The Labute approximate surface area is 176 Å². The predicted octanol–water partition coefficient (Wildman–Crippen LogP) is 0.178. The van der Waals surface area contributed by atoms with E-state index in [4.69, 9.17) is 10.8 Å². The zero-order chi connectivity index (χ0) is 22.1. The van der Waals surface area contributed by atoms with Crippen LogP contribution in [-0.2, 0) is 19.2 Å². The summed E-state index contributed by atoms with van der Waals surface area (Å²) in [5.41, 5.74) is 5.92. The van der Waals surface area contributed by atoms with Crippen molar-refractivity contribution in [3.63, 3.8) is 0 Å². The molecule has 1 rings (SSSR count). The lowest BCUT2D eigenvalue weighted by atomic mass is 10.0. The van der Waals surface area contributed by atoms with Crippen LogP contribution in [0.15, 0.2) is 0 Å². The van der Waals surface area contributed by atoms with Gasteiger partial charge in [0.25, 0.3) is 0 Å². The van der Waals surface area contributed by atoms with Gasteiger partial charge in [-0.1, -0.05) is 13.8 Å². The normalized spacial score (nSPS) is 19.5. The van der Waals surface area contributed by atoms with E-state index in [2.05, 4.69) is 10.6 Å². The molecule has 0 aromatic rings. The number of rotatable bonds is 11. The molecule has 0 aromatic heterocycles. The number of carbonyl (C=O) groups excluding carboxylic acids is 3. The Morgan fingerprint density at radius 3 is 2.41 bits per heavy atom. The van der Waals surface area contributed by atoms with Gasteiger partial charge < -0.3 is 26.4 Å². The van der Waals surface area contributed by atoms with Gasteiger partial charge in [0.05, 0.1) is 6.04 Å². The molecule has 1 saturated heterocycles. The molecule has 0 spiro atoms. The fraction of sp³-hybridized carbons (Fsp3) is 0.789. The Hall–Kier alpha value is -1.81. The molecule has 0 radical (unpaired) electrons. The first-order chi connectivity index (χ1) is 13.6. The molecule has 0 saturated carbocycles. The Morgan fingerprint density at radius 2 is 1.86 bits per heavy atom. The smallest absolute Gasteiger partial charge is 0.325 e. The topological polar surface area (TPSA) is 142 Å². The highest BCUT2D eigenvalue weighted by atomic mass is 32.2. The van der Waals surface area contributed by atoms with Crippen LogP contribution in [0.1, 0.15) is 46.5 Å². The van der Waals surface area contributed by atoms with E-state index in [1.807, 2.05) is 20.1 Å². The zero-order valence-electron chi connectivity index (χ0n) is 17.6.